The van der Waals surface area contributed by atoms with Gasteiger partial charge in [0.15, 0.2) is 0 Å². The molecule has 7 heteroatoms. The van der Waals surface area contributed by atoms with E-state index in [1.165, 1.54) is 17.8 Å². The Labute approximate surface area is 192 Å². The zero-order chi connectivity index (χ0) is 21.8. The number of carbonyl (C=O) groups is 1. The van der Waals surface area contributed by atoms with Crippen LogP contribution in [-0.2, 0) is 11.3 Å². The van der Waals surface area contributed by atoms with Crippen LogP contribution in [0.5, 0.6) is 0 Å². The molecule has 6 nitrogen and oxygen atoms in total. The Morgan fingerprint density at radius 2 is 1.94 bits per heavy atom. The lowest BCUT2D eigenvalue weighted by Gasteiger charge is -2.29. The van der Waals surface area contributed by atoms with Gasteiger partial charge in [-0.1, -0.05) is 41.6 Å². The molecule has 1 aromatic carbocycles. The van der Waals surface area contributed by atoms with Crippen molar-refractivity contribution in [1.82, 2.24) is 10.1 Å². The summed E-state index contributed by atoms with van der Waals surface area (Å²) in [5, 5.41) is 6.44. The highest BCUT2D eigenvalue weighted by molar-refractivity contribution is 7.12. The standard InChI is InChI=1S/C25H29N3O3S/c29-24(22-12-8-16-32-22)28(17-20-11-7-15-30-20)18-21-23(19-9-3-1-4-10-19)26-31-25(21)27-13-5-2-6-14-27/h1,3-4,8-10,12,16,20H,2,5-7,11,13-15,17-18H2. The number of benzene rings is 1. The van der Waals surface area contributed by atoms with Crippen LogP contribution in [0.15, 0.2) is 52.4 Å². The molecule has 2 aliphatic heterocycles. The molecular formula is C25H29N3O3S. The van der Waals surface area contributed by atoms with Crippen LogP contribution in [0.4, 0.5) is 5.88 Å². The van der Waals surface area contributed by atoms with Crippen LogP contribution in [0, 0.1) is 0 Å². The Morgan fingerprint density at radius 1 is 1.09 bits per heavy atom. The molecule has 0 saturated carbocycles. The van der Waals surface area contributed by atoms with E-state index in [1.807, 2.05) is 52.7 Å². The van der Waals surface area contributed by atoms with Crippen molar-refractivity contribution in [2.24, 2.45) is 0 Å². The normalized spacial score (nSPS) is 18.8. The number of hydrogen-bond donors (Lipinski definition) is 0. The van der Waals surface area contributed by atoms with Crippen LogP contribution in [0.1, 0.15) is 47.3 Å². The van der Waals surface area contributed by atoms with E-state index < -0.39 is 0 Å². The van der Waals surface area contributed by atoms with E-state index >= 15 is 0 Å². The van der Waals surface area contributed by atoms with Crippen LogP contribution < -0.4 is 4.90 Å². The number of carbonyl (C=O) groups excluding carboxylic acids is 1. The van der Waals surface area contributed by atoms with Crippen molar-refractivity contribution in [3.63, 3.8) is 0 Å². The molecule has 2 fully saturated rings. The molecule has 0 aliphatic carbocycles. The third-order valence-electron chi connectivity index (χ3n) is 6.27. The Kier molecular flexibility index (Phi) is 6.55. The summed E-state index contributed by atoms with van der Waals surface area (Å²) in [7, 11) is 0. The second-order valence-electron chi connectivity index (χ2n) is 8.53. The molecule has 168 valence electrons. The Bertz CT molecular complexity index is 1010. The van der Waals surface area contributed by atoms with Gasteiger partial charge < -0.3 is 19.1 Å². The van der Waals surface area contributed by atoms with Gasteiger partial charge in [0.05, 0.1) is 23.1 Å². The van der Waals surface area contributed by atoms with Crippen molar-refractivity contribution in [1.29, 1.82) is 0 Å². The van der Waals surface area contributed by atoms with Gasteiger partial charge in [0.2, 0.25) is 5.88 Å². The Hall–Kier alpha value is -2.64. The van der Waals surface area contributed by atoms with Crippen molar-refractivity contribution in [3.05, 3.63) is 58.3 Å². The molecule has 0 spiro atoms. The fraction of sp³-hybridized carbons (Fsp3) is 0.440. The summed E-state index contributed by atoms with van der Waals surface area (Å²) >= 11 is 1.48. The fourth-order valence-electron chi connectivity index (χ4n) is 4.61. The first-order valence-corrected chi connectivity index (χ1v) is 12.4. The molecule has 1 amide bonds. The maximum Gasteiger partial charge on any atom is 0.264 e. The first kappa shape index (κ1) is 21.2. The largest absolute Gasteiger partial charge is 0.376 e. The summed E-state index contributed by atoms with van der Waals surface area (Å²) in [4.78, 5) is 18.4. The van der Waals surface area contributed by atoms with Crippen molar-refractivity contribution >= 4 is 23.1 Å². The second-order valence-corrected chi connectivity index (χ2v) is 9.47. The predicted octanol–water partition coefficient (Wildman–Crippen LogP) is 5.21. The van der Waals surface area contributed by atoms with Gasteiger partial charge in [-0.2, -0.15) is 0 Å². The van der Waals surface area contributed by atoms with E-state index in [0.29, 0.717) is 13.1 Å². The quantitative estimate of drug-likeness (QED) is 0.493. The van der Waals surface area contributed by atoms with Crippen LogP contribution in [-0.4, -0.2) is 48.3 Å². The van der Waals surface area contributed by atoms with Gasteiger partial charge in [-0.3, -0.25) is 4.79 Å². The van der Waals surface area contributed by atoms with Gasteiger partial charge in [-0.25, -0.2) is 0 Å². The molecule has 2 saturated heterocycles. The highest BCUT2D eigenvalue weighted by atomic mass is 32.1. The summed E-state index contributed by atoms with van der Waals surface area (Å²) in [6, 6.07) is 13.9. The fourth-order valence-corrected chi connectivity index (χ4v) is 5.30. The number of anilines is 1. The topological polar surface area (TPSA) is 58.8 Å². The van der Waals surface area contributed by atoms with Crippen LogP contribution >= 0.6 is 11.3 Å². The average Bonchev–Trinajstić information content (AvgIpc) is 3.61. The van der Waals surface area contributed by atoms with Crippen molar-refractivity contribution in [2.75, 3.05) is 31.1 Å². The zero-order valence-corrected chi connectivity index (χ0v) is 19.1. The number of aromatic nitrogens is 1. The van der Waals surface area contributed by atoms with E-state index in [1.54, 1.807) is 0 Å². The monoisotopic (exact) mass is 451 g/mol. The number of ether oxygens (including phenoxy) is 1. The lowest BCUT2D eigenvalue weighted by molar-refractivity contribution is 0.0511. The molecule has 4 heterocycles. The molecule has 32 heavy (non-hydrogen) atoms. The minimum atomic E-state index is 0.0419. The van der Waals surface area contributed by atoms with Crippen LogP contribution in [0.25, 0.3) is 11.3 Å². The van der Waals surface area contributed by atoms with Gasteiger partial charge in [0.1, 0.15) is 5.69 Å². The number of amides is 1. The molecule has 2 aliphatic rings. The summed E-state index contributed by atoms with van der Waals surface area (Å²) < 4.78 is 11.8. The minimum absolute atomic E-state index is 0.0419. The smallest absolute Gasteiger partial charge is 0.264 e. The van der Waals surface area contributed by atoms with Gasteiger partial charge in [-0.05, 0) is 43.6 Å². The highest BCUT2D eigenvalue weighted by Gasteiger charge is 2.30. The lowest BCUT2D eigenvalue weighted by atomic mass is 10.0. The molecule has 1 unspecified atom stereocenters. The summed E-state index contributed by atoms with van der Waals surface area (Å²) in [6.07, 6.45) is 5.66. The molecule has 5 rings (SSSR count). The lowest BCUT2D eigenvalue weighted by Crippen LogP contribution is -2.37. The first-order chi connectivity index (χ1) is 15.8. The van der Waals surface area contributed by atoms with Crippen molar-refractivity contribution < 1.29 is 14.1 Å². The molecule has 0 bridgehead atoms. The van der Waals surface area contributed by atoms with Gasteiger partial charge in [-0.15, -0.1) is 11.3 Å². The van der Waals surface area contributed by atoms with E-state index in [-0.39, 0.29) is 12.0 Å². The van der Waals surface area contributed by atoms with Crippen molar-refractivity contribution in [2.45, 2.75) is 44.8 Å². The molecule has 0 N–H and O–H groups in total. The van der Waals surface area contributed by atoms with Crippen LogP contribution in [0.2, 0.25) is 0 Å². The van der Waals surface area contributed by atoms with Gasteiger partial charge in [0, 0.05) is 31.8 Å². The molecular weight excluding hydrogens is 422 g/mol. The first-order valence-electron chi connectivity index (χ1n) is 11.5. The van der Waals surface area contributed by atoms with Crippen LogP contribution in [0.3, 0.4) is 0 Å². The van der Waals surface area contributed by atoms with E-state index in [4.69, 9.17) is 9.26 Å². The molecule has 3 aromatic rings. The van der Waals surface area contributed by atoms with E-state index in [0.717, 1.165) is 73.0 Å². The summed E-state index contributed by atoms with van der Waals surface area (Å²) in [6.45, 7) is 3.72. The molecule has 1 atom stereocenters. The minimum Gasteiger partial charge on any atom is -0.376 e. The Balaban J connectivity index is 1.50. The van der Waals surface area contributed by atoms with Gasteiger partial charge >= 0.3 is 0 Å². The van der Waals surface area contributed by atoms with Gasteiger partial charge in [0.25, 0.3) is 5.91 Å². The number of thiophene rings is 1. The second kappa shape index (κ2) is 9.88. The van der Waals surface area contributed by atoms with E-state index in [9.17, 15) is 4.79 Å². The third-order valence-corrected chi connectivity index (χ3v) is 7.13. The third kappa shape index (κ3) is 4.59. The number of nitrogens with zero attached hydrogens (tertiary/aromatic N) is 3. The zero-order valence-electron chi connectivity index (χ0n) is 18.2. The highest BCUT2D eigenvalue weighted by Crippen LogP contribution is 2.34. The average molecular weight is 452 g/mol. The number of piperidine rings is 1. The Morgan fingerprint density at radius 3 is 2.66 bits per heavy atom. The number of hydrogen-bond acceptors (Lipinski definition) is 6. The SMILES string of the molecule is O=C(c1cccs1)N(Cc1c(-c2ccccc2)noc1N1CCCCC1)CC1CCCO1. The van der Waals surface area contributed by atoms with Crippen molar-refractivity contribution in [3.8, 4) is 11.3 Å². The number of rotatable bonds is 7. The predicted molar refractivity (Wildman–Crippen MR) is 126 cm³/mol. The summed E-state index contributed by atoms with van der Waals surface area (Å²) in [5.74, 6) is 0.847. The maximum absolute atomic E-state index is 13.5. The van der Waals surface area contributed by atoms with E-state index in [2.05, 4.69) is 10.1 Å². The molecule has 2 aromatic heterocycles. The maximum atomic E-state index is 13.5. The molecule has 0 radical (unpaired) electrons. The summed E-state index contributed by atoms with van der Waals surface area (Å²) in [5.41, 5.74) is 2.82.